The Balaban J connectivity index is 0.00000676. The van der Waals surface area contributed by atoms with Crippen molar-refractivity contribution in [1.29, 1.82) is 0 Å². The van der Waals surface area contributed by atoms with Crippen LogP contribution in [0.1, 0.15) is 45.6 Å². The van der Waals surface area contributed by atoms with Crippen LogP contribution < -0.4 is 25.3 Å². The molecule has 156 valence electrons. The normalized spacial score (nSPS) is 12.3. The largest absolute Gasteiger partial charge is 0.493 e. The van der Waals surface area contributed by atoms with Crippen LogP contribution in [0.3, 0.4) is 0 Å². The van der Waals surface area contributed by atoms with Crippen molar-refractivity contribution < 1.29 is 14.2 Å². The highest BCUT2D eigenvalue weighted by Crippen LogP contribution is 2.39. The molecule has 0 radical (unpaired) electrons. The van der Waals surface area contributed by atoms with Gasteiger partial charge in [0.05, 0.1) is 21.3 Å². The summed E-state index contributed by atoms with van der Waals surface area (Å²) in [5.41, 5.74) is 7.01. The molecule has 1 rings (SSSR count). The molecule has 1 unspecified atom stereocenters. The van der Waals surface area contributed by atoms with Gasteiger partial charge in [0.2, 0.25) is 5.75 Å². The number of nitrogens with one attached hydrogen (secondary N) is 1. The van der Waals surface area contributed by atoms with Gasteiger partial charge in [0, 0.05) is 18.2 Å². The zero-order valence-electron chi connectivity index (χ0n) is 17.5. The van der Waals surface area contributed by atoms with E-state index < -0.39 is 0 Å². The summed E-state index contributed by atoms with van der Waals surface area (Å²) in [6.07, 6.45) is 4.23. The fourth-order valence-corrected chi connectivity index (χ4v) is 2.86. The molecule has 0 aliphatic heterocycles. The highest BCUT2D eigenvalue weighted by atomic mass is 127. The molecule has 0 spiro atoms. The molecule has 7 heteroatoms. The van der Waals surface area contributed by atoms with E-state index in [1.807, 2.05) is 12.1 Å². The second-order valence-electron chi connectivity index (χ2n) is 6.88. The predicted octanol–water partition coefficient (Wildman–Crippen LogP) is 3.99. The summed E-state index contributed by atoms with van der Waals surface area (Å²) < 4.78 is 16.2. The maximum absolute atomic E-state index is 6.01. The van der Waals surface area contributed by atoms with Gasteiger partial charge in [-0.05, 0) is 31.7 Å². The number of aliphatic imine (C=N–C) groups is 1. The topological polar surface area (TPSA) is 78.1 Å². The van der Waals surface area contributed by atoms with E-state index >= 15 is 0 Å². The van der Waals surface area contributed by atoms with Crippen molar-refractivity contribution in [1.82, 2.24) is 5.32 Å². The second-order valence-corrected chi connectivity index (χ2v) is 6.88. The maximum Gasteiger partial charge on any atom is 0.203 e. The van der Waals surface area contributed by atoms with Crippen molar-refractivity contribution in [3.63, 3.8) is 0 Å². The third-order valence-corrected chi connectivity index (χ3v) is 4.26. The monoisotopic (exact) mass is 493 g/mol. The van der Waals surface area contributed by atoms with Crippen molar-refractivity contribution in [2.24, 2.45) is 16.6 Å². The summed E-state index contributed by atoms with van der Waals surface area (Å²) in [5.74, 6) is 3.15. The smallest absolute Gasteiger partial charge is 0.203 e. The van der Waals surface area contributed by atoms with E-state index in [-0.39, 0.29) is 24.0 Å². The number of hydrogen-bond acceptors (Lipinski definition) is 4. The first-order valence-electron chi connectivity index (χ1n) is 9.27. The van der Waals surface area contributed by atoms with Crippen molar-refractivity contribution in [3.8, 4) is 17.2 Å². The van der Waals surface area contributed by atoms with E-state index in [0.717, 1.165) is 17.9 Å². The summed E-state index contributed by atoms with van der Waals surface area (Å²) in [5, 5.41) is 3.26. The van der Waals surface area contributed by atoms with Gasteiger partial charge in [0.15, 0.2) is 17.5 Å². The van der Waals surface area contributed by atoms with Crippen LogP contribution in [-0.2, 0) is 6.42 Å². The van der Waals surface area contributed by atoms with Gasteiger partial charge in [-0.1, -0.05) is 32.8 Å². The van der Waals surface area contributed by atoms with Gasteiger partial charge in [-0.2, -0.15) is 0 Å². The van der Waals surface area contributed by atoms with Crippen LogP contribution in [0.15, 0.2) is 17.1 Å². The number of nitrogens with zero attached hydrogens (tertiary/aromatic N) is 1. The lowest BCUT2D eigenvalue weighted by atomic mass is 10.0. The lowest BCUT2D eigenvalue weighted by molar-refractivity contribution is 0.322. The SMILES string of the molecule is COc1ccc(CCN=C(N)NC(C)CCCC(C)C)c(OC)c1OC.I. The van der Waals surface area contributed by atoms with Gasteiger partial charge >= 0.3 is 0 Å². The third kappa shape index (κ3) is 8.90. The van der Waals surface area contributed by atoms with Gasteiger partial charge in [-0.3, -0.25) is 4.99 Å². The molecular weight excluding hydrogens is 457 g/mol. The molecule has 0 saturated carbocycles. The number of rotatable bonds is 11. The summed E-state index contributed by atoms with van der Waals surface area (Å²) in [7, 11) is 4.83. The number of benzene rings is 1. The number of guanidine groups is 1. The van der Waals surface area contributed by atoms with Gasteiger partial charge in [0.25, 0.3) is 0 Å². The minimum Gasteiger partial charge on any atom is -0.493 e. The van der Waals surface area contributed by atoms with Crippen molar-refractivity contribution >= 4 is 29.9 Å². The average Bonchev–Trinajstić information content (AvgIpc) is 2.60. The zero-order chi connectivity index (χ0) is 19.5. The Morgan fingerprint density at radius 2 is 1.70 bits per heavy atom. The Kier molecular flexibility index (Phi) is 13.0. The van der Waals surface area contributed by atoms with E-state index in [1.54, 1.807) is 21.3 Å². The van der Waals surface area contributed by atoms with Gasteiger partial charge in [0.1, 0.15) is 0 Å². The van der Waals surface area contributed by atoms with Crippen LogP contribution in [-0.4, -0.2) is 39.9 Å². The van der Waals surface area contributed by atoms with Crippen LogP contribution in [0.5, 0.6) is 17.2 Å². The highest BCUT2D eigenvalue weighted by molar-refractivity contribution is 14.0. The number of halogens is 1. The molecular formula is C20H36IN3O3. The maximum atomic E-state index is 6.01. The number of ether oxygens (including phenoxy) is 3. The van der Waals surface area contributed by atoms with Gasteiger partial charge in [-0.15, -0.1) is 24.0 Å². The molecule has 1 aromatic carbocycles. The van der Waals surface area contributed by atoms with Crippen LogP contribution >= 0.6 is 24.0 Å². The molecule has 27 heavy (non-hydrogen) atoms. The number of methoxy groups -OCH3 is 3. The van der Waals surface area contributed by atoms with E-state index in [4.69, 9.17) is 19.9 Å². The van der Waals surface area contributed by atoms with E-state index in [9.17, 15) is 0 Å². The molecule has 0 heterocycles. The molecule has 6 nitrogen and oxygen atoms in total. The molecule has 0 amide bonds. The summed E-state index contributed by atoms with van der Waals surface area (Å²) >= 11 is 0. The Morgan fingerprint density at radius 3 is 2.26 bits per heavy atom. The molecule has 3 N–H and O–H groups in total. The standard InChI is InChI=1S/C20H35N3O3.HI/c1-14(2)8-7-9-15(3)23-20(21)22-13-12-16-10-11-17(24-4)19(26-6)18(16)25-5;/h10-11,14-15H,7-9,12-13H2,1-6H3,(H3,21,22,23);1H. The minimum absolute atomic E-state index is 0. The Labute approximate surface area is 181 Å². The molecule has 0 saturated heterocycles. The zero-order valence-corrected chi connectivity index (χ0v) is 19.8. The summed E-state index contributed by atoms with van der Waals surface area (Å²) in [4.78, 5) is 4.43. The third-order valence-electron chi connectivity index (χ3n) is 4.26. The molecule has 0 aliphatic carbocycles. The molecule has 0 fully saturated rings. The Bertz CT molecular complexity index is 580. The Morgan fingerprint density at radius 1 is 1.04 bits per heavy atom. The molecule has 0 bridgehead atoms. The van der Waals surface area contributed by atoms with E-state index in [2.05, 4.69) is 31.1 Å². The number of nitrogens with two attached hydrogens (primary N) is 1. The first-order valence-corrected chi connectivity index (χ1v) is 9.27. The van der Waals surface area contributed by atoms with Crippen LogP contribution in [0.2, 0.25) is 0 Å². The predicted molar refractivity (Wildman–Crippen MR) is 123 cm³/mol. The quantitative estimate of drug-likeness (QED) is 0.277. The average molecular weight is 493 g/mol. The number of hydrogen-bond donors (Lipinski definition) is 2. The van der Waals surface area contributed by atoms with Crippen molar-refractivity contribution in [3.05, 3.63) is 17.7 Å². The van der Waals surface area contributed by atoms with E-state index in [1.165, 1.54) is 12.8 Å². The first-order chi connectivity index (χ1) is 12.4. The van der Waals surface area contributed by atoms with Crippen molar-refractivity contribution in [2.45, 2.75) is 52.5 Å². The van der Waals surface area contributed by atoms with E-state index in [0.29, 0.717) is 42.2 Å². The van der Waals surface area contributed by atoms with Crippen LogP contribution in [0, 0.1) is 5.92 Å². The van der Waals surface area contributed by atoms with Gasteiger partial charge in [-0.25, -0.2) is 0 Å². The fraction of sp³-hybridized carbons (Fsp3) is 0.650. The molecule has 0 aliphatic rings. The molecule has 1 aromatic rings. The first kappa shape index (κ1) is 25.6. The summed E-state index contributed by atoms with van der Waals surface area (Å²) in [6.45, 7) is 7.20. The lowest BCUT2D eigenvalue weighted by Gasteiger charge is -2.16. The van der Waals surface area contributed by atoms with Crippen LogP contribution in [0.25, 0.3) is 0 Å². The second kappa shape index (κ2) is 13.7. The van der Waals surface area contributed by atoms with Crippen molar-refractivity contribution in [2.75, 3.05) is 27.9 Å². The molecule has 0 aromatic heterocycles. The lowest BCUT2D eigenvalue weighted by Crippen LogP contribution is -2.38. The van der Waals surface area contributed by atoms with Crippen LogP contribution in [0.4, 0.5) is 0 Å². The highest BCUT2D eigenvalue weighted by Gasteiger charge is 2.15. The minimum atomic E-state index is 0. The summed E-state index contributed by atoms with van der Waals surface area (Å²) in [6, 6.07) is 4.17. The fourth-order valence-electron chi connectivity index (χ4n) is 2.86. The molecule has 1 atom stereocenters. The Hall–Kier alpha value is -1.38. The van der Waals surface area contributed by atoms with Gasteiger partial charge < -0.3 is 25.3 Å².